The molecule has 0 radical (unpaired) electrons. The molecule has 1 saturated heterocycles. The highest BCUT2D eigenvalue weighted by Crippen LogP contribution is 2.51. The number of halogens is 1. The molecule has 2 nitrogen and oxygen atoms in total. The minimum absolute atomic E-state index is 0.258. The largest absolute Gasteiger partial charge is 0.488 e. The first-order chi connectivity index (χ1) is 8.79. The molecule has 1 unspecified atom stereocenters. The Labute approximate surface area is 104 Å². The van der Waals surface area contributed by atoms with Crippen LogP contribution in [0, 0.1) is 5.82 Å². The van der Waals surface area contributed by atoms with E-state index in [1.807, 2.05) is 24.3 Å². The summed E-state index contributed by atoms with van der Waals surface area (Å²) in [5.41, 5.74) is 2.50. The fourth-order valence-corrected chi connectivity index (χ4v) is 2.67. The summed E-state index contributed by atoms with van der Waals surface area (Å²) in [6.07, 6.45) is 0. The van der Waals surface area contributed by atoms with E-state index in [0.717, 1.165) is 16.7 Å². The number of hydrogen-bond donors (Lipinski definition) is 0. The molecule has 90 valence electrons. The van der Waals surface area contributed by atoms with Crippen LogP contribution in [-0.4, -0.2) is 6.61 Å². The summed E-state index contributed by atoms with van der Waals surface area (Å²) >= 11 is 0. The third kappa shape index (κ3) is 1.25. The van der Waals surface area contributed by atoms with Crippen LogP contribution in [-0.2, 0) is 16.9 Å². The van der Waals surface area contributed by atoms with Gasteiger partial charge in [0, 0.05) is 5.56 Å². The maximum Gasteiger partial charge on any atom is 0.146 e. The van der Waals surface area contributed by atoms with Crippen molar-refractivity contribution in [3.05, 3.63) is 65.0 Å². The summed E-state index contributed by atoms with van der Waals surface area (Å²) in [5, 5.41) is 0. The smallest absolute Gasteiger partial charge is 0.146 e. The van der Waals surface area contributed by atoms with Crippen molar-refractivity contribution < 1.29 is 13.9 Å². The zero-order valence-electron chi connectivity index (χ0n) is 9.65. The van der Waals surface area contributed by atoms with E-state index >= 15 is 0 Å². The number of rotatable bonds is 0. The van der Waals surface area contributed by atoms with Gasteiger partial charge < -0.3 is 9.47 Å². The maximum absolute atomic E-state index is 13.5. The molecule has 0 aromatic heterocycles. The molecule has 0 saturated carbocycles. The molecule has 3 heteroatoms. The van der Waals surface area contributed by atoms with Crippen molar-refractivity contribution in [3.8, 4) is 5.75 Å². The zero-order chi connectivity index (χ0) is 12.2. The van der Waals surface area contributed by atoms with Crippen molar-refractivity contribution >= 4 is 0 Å². The van der Waals surface area contributed by atoms with Gasteiger partial charge in [0.25, 0.3) is 0 Å². The van der Waals surface area contributed by atoms with Crippen LogP contribution >= 0.6 is 0 Å². The van der Waals surface area contributed by atoms with Gasteiger partial charge in [-0.2, -0.15) is 0 Å². The summed E-state index contributed by atoms with van der Waals surface area (Å²) in [5.74, 6) is 0.455. The lowest BCUT2D eigenvalue weighted by molar-refractivity contribution is 0.303. The number of fused-ring (bicyclic) bond motifs is 4. The van der Waals surface area contributed by atoms with Gasteiger partial charge in [0.15, 0.2) is 0 Å². The van der Waals surface area contributed by atoms with Crippen LogP contribution in [0.1, 0.15) is 16.7 Å². The molecular weight excluding hydrogens is 231 g/mol. The molecule has 2 aromatic carbocycles. The third-order valence-corrected chi connectivity index (χ3v) is 3.65. The highest BCUT2D eigenvalue weighted by molar-refractivity contribution is 5.52. The monoisotopic (exact) mass is 242 g/mol. The lowest BCUT2D eigenvalue weighted by atomic mass is 9.89. The van der Waals surface area contributed by atoms with E-state index in [0.29, 0.717) is 19.0 Å². The van der Waals surface area contributed by atoms with Gasteiger partial charge in [0.2, 0.25) is 0 Å². The predicted octanol–water partition coefficient (Wildman–Crippen LogP) is 2.99. The van der Waals surface area contributed by atoms with E-state index in [-0.39, 0.29) is 5.82 Å². The van der Waals surface area contributed by atoms with Crippen molar-refractivity contribution in [2.24, 2.45) is 0 Å². The number of benzene rings is 2. The molecule has 2 heterocycles. The molecule has 4 rings (SSSR count). The predicted molar refractivity (Wildman–Crippen MR) is 63.9 cm³/mol. The molecule has 18 heavy (non-hydrogen) atoms. The number of hydrogen-bond acceptors (Lipinski definition) is 2. The summed E-state index contributed by atoms with van der Waals surface area (Å²) in [6, 6.07) is 12.6. The van der Waals surface area contributed by atoms with E-state index in [4.69, 9.17) is 9.47 Å². The Kier molecular flexibility index (Phi) is 1.87. The van der Waals surface area contributed by atoms with E-state index in [2.05, 4.69) is 0 Å². The molecule has 0 aliphatic carbocycles. The Balaban J connectivity index is 2.00. The van der Waals surface area contributed by atoms with Crippen LogP contribution in [0.5, 0.6) is 5.75 Å². The van der Waals surface area contributed by atoms with Crippen LogP contribution in [0.15, 0.2) is 42.5 Å². The van der Waals surface area contributed by atoms with Crippen molar-refractivity contribution in [1.29, 1.82) is 0 Å². The van der Waals surface area contributed by atoms with E-state index in [1.54, 1.807) is 6.07 Å². The minimum Gasteiger partial charge on any atom is -0.488 e. The van der Waals surface area contributed by atoms with Crippen LogP contribution in [0.4, 0.5) is 4.39 Å². The molecule has 1 atom stereocenters. The van der Waals surface area contributed by atoms with Gasteiger partial charge in [-0.15, -0.1) is 0 Å². The summed E-state index contributed by atoms with van der Waals surface area (Å²) in [4.78, 5) is 0. The van der Waals surface area contributed by atoms with Crippen LogP contribution < -0.4 is 4.74 Å². The fraction of sp³-hybridized carbons (Fsp3) is 0.200. The first kappa shape index (κ1) is 10.1. The minimum atomic E-state index is -0.496. The van der Waals surface area contributed by atoms with Gasteiger partial charge in [-0.1, -0.05) is 24.3 Å². The highest BCUT2D eigenvalue weighted by atomic mass is 19.1. The topological polar surface area (TPSA) is 21.8 Å². The zero-order valence-corrected chi connectivity index (χ0v) is 9.65. The van der Waals surface area contributed by atoms with E-state index < -0.39 is 5.60 Å². The highest BCUT2D eigenvalue weighted by Gasteiger charge is 2.52. The van der Waals surface area contributed by atoms with Gasteiger partial charge in [-0.05, 0) is 29.3 Å². The van der Waals surface area contributed by atoms with Gasteiger partial charge >= 0.3 is 0 Å². The fourth-order valence-electron chi connectivity index (χ4n) is 2.67. The van der Waals surface area contributed by atoms with Crippen LogP contribution in [0.3, 0.4) is 0 Å². The van der Waals surface area contributed by atoms with Crippen LogP contribution in [0.2, 0.25) is 0 Å². The van der Waals surface area contributed by atoms with Crippen molar-refractivity contribution in [2.45, 2.75) is 12.2 Å². The van der Waals surface area contributed by atoms with Gasteiger partial charge in [-0.25, -0.2) is 4.39 Å². The van der Waals surface area contributed by atoms with Crippen molar-refractivity contribution in [1.82, 2.24) is 0 Å². The Bertz CT molecular complexity index is 632. The first-order valence-corrected chi connectivity index (χ1v) is 5.95. The second kappa shape index (κ2) is 3.33. The average molecular weight is 242 g/mol. The average Bonchev–Trinajstić information content (AvgIpc) is 3.20. The Hall–Kier alpha value is -1.87. The van der Waals surface area contributed by atoms with Gasteiger partial charge in [0.1, 0.15) is 23.8 Å². The quantitative estimate of drug-likeness (QED) is 0.662. The van der Waals surface area contributed by atoms with Crippen LogP contribution in [0.25, 0.3) is 0 Å². The summed E-state index contributed by atoms with van der Waals surface area (Å²) in [6.45, 7) is 1.09. The second-order valence-corrected chi connectivity index (χ2v) is 4.70. The molecule has 1 fully saturated rings. The third-order valence-electron chi connectivity index (χ3n) is 3.65. The van der Waals surface area contributed by atoms with Crippen molar-refractivity contribution in [2.75, 3.05) is 6.61 Å². The Morgan fingerprint density at radius 3 is 2.72 bits per heavy atom. The molecular formula is C15H11FO2. The SMILES string of the molecule is Fc1ccc2c(c1)C1(CO1)c1ccccc1CO2. The molecule has 0 amide bonds. The lowest BCUT2D eigenvalue weighted by Crippen LogP contribution is -2.11. The van der Waals surface area contributed by atoms with Gasteiger partial charge in [0.05, 0.1) is 6.61 Å². The summed E-state index contributed by atoms with van der Waals surface area (Å²) in [7, 11) is 0. The maximum atomic E-state index is 13.5. The molecule has 1 spiro atoms. The van der Waals surface area contributed by atoms with E-state index in [1.165, 1.54) is 12.1 Å². The molecule has 0 bridgehead atoms. The molecule has 2 aliphatic heterocycles. The molecule has 0 N–H and O–H groups in total. The summed E-state index contributed by atoms with van der Waals surface area (Å²) < 4.78 is 24.9. The number of epoxide rings is 1. The molecule has 2 aliphatic rings. The van der Waals surface area contributed by atoms with E-state index in [9.17, 15) is 4.39 Å². The standard InChI is InChI=1S/C15H11FO2/c16-11-5-6-14-13(7-11)15(9-18-15)12-4-2-1-3-10(12)8-17-14/h1-7H,8-9H2. The Morgan fingerprint density at radius 2 is 1.89 bits per heavy atom. The Morgan fingerprint density at radius 1 is 1.06 bits per heavy atom. The lowest BCUT2D eigenvalue weighted by Gasteiger charge is -2.13. The van der Waals surface area contributed by atoms with Crippen molar-refractivity contribution in [3.63, 3.8) is 0 Å². The number of ether oxygens (including phenoxy) is 2. The normalized spacial score (nSPS) is 23.8. The first-order valence-electron chi connectivity index (χ1n) is 5.95. The second-order valence-electron chi connectivity index (χ2n) is 4.70. The molecule has 2 aromatic rings. The van der Waals surface area contributed by atoms with Gasteiger partial charge in [-0.3, -0.25) is 0 Å².